The summed E-state index contributed by atoms with van der Waals surface area (Å²) in [5.41, 5.74) is 1.31. The molecule has 2 nitrogen and oxygen atoms in total. The molecule has 0 bridgehead atoms. The monoisotopic (exact) mass is 256 g/mol. The Bertz CT molecular complexity index is 267. The molecule has 0 radical (unpaired) electrons. The summed E-state index contributed by atoms with van der Waals surface area (Å²) in [6.45, 7) is 9.31. The number of hydrogen-bond acceptors (Lipinski definition) is 2. The normalized spacial score (nSPS) is 13.4. The van der Waals surface area contributed by atoms with Gasteiger partial charge in [0, 0.05) is 11.6 Å². The second-order valence-corrected chi connectivity index (χ2v) is 4.37. The topological polar surface area (TPSA) is 24.1 Å². The van der Waals surface area contributed by atoms with Crippen molar-refractivity contribution in [2.24, 2.45) is 0 Å². The number of halogens is 1. The van der Waals surface area contributed by atoms with Crippen LogP contribution in [-0.2, 0) is 0 Å². The Morgan fingerprint density at radius 3 is 2.71 bits per heavy atom. The predicted molar refractivity (Wildman–Crippen MR) is 78.3 cm³/mol. The van der Waals surface area contributed by atoms with E-state index in [1.165, 1.54) is 5.57 Å². The molecule has 0 aliphatic rings. The number of allylic oxidation sites excluding steroid dienone is 5. The van der Waals surface area contributed by atoms with E-state index >= 15 is 0 Å². The van der Waals surface area contributed by atoms with E-state index in [0.29, 0.717) is 0 Å². The molecule has 98 valence electrons. The van der Waals surface area contributed by atoms with Crippen LogP contribution in [0.4, 0.5) is 0 Å². The van der Waals surface area contributed by atoms with E-state index in [1.807, 2.05) is 19.1 Å². The first-order valence-electron chi connectivity index (χ1n) is 6.28. The molecule has 0 unspecified atom stereocenters. The van der Waals surface area contributed by atoms with Crippen LogP contribution in [0.5, 0.6) is 0 Å². The zero-order valence-electron chi connectivity index (χ0n) is 11.2. The molecule has 0 aromatic heterocycles. The first kappa shape index (κ1) is 16.3. The lowest BCUT2D eigenvalue weighted by Crippen LogP contribution is -2.19. The second-order valence-electron chi connectivity index (χ2n) is 3.93. The highest BCUT2D eigenvalue weighted by molar-refractivity contribution is 6.31. The SMILES string of the molecule is C/C=C(Cl)\C=C/C/C(C)=C/NCCCNCC. The Kier molecular flexibility index (Phi) is 11.2. The van der Waals surface area contributed by atoms with E-state index in [-0.39, 0.29) is 0 Å². The molecular formula is C14H25ClN2. The Hall–Kier alpha value is -0.730. The smallest absolute Gasteiger partial charge is 0.0360 e. The first-order valence-corrected chi connectivity index (χ1v) is 6.66. The molecule has 0 saturated carbocycles. The number of rotatable bonds is 9. The van der Waals surface area contributed by atoms with E-state index in [9.17, 15) is 0 Å². The van der Waals surface area contributed by atoms with Gasteiger partial charge in [0.2, 0.25) is 0 Å². The Labute approximate surface area is 111 Å². The summed E-state index contributed by atoms with van der Waals surface area (Å²) in [6.07, 6.45) is 10.1. The molecule has 0 aliphatic heterocycles. The first-order chi connectivity index (χ1) is 8.20. The minimum absolute atomic E-state index is 0.788. The van der Waals surface area contributed by atoms with Gasteiger partial charge < -0.3 is 10.6 Å². The Morgan fingerprint density at radius 2 is 2.06 bits per heavy atom. The van der Waals surface area contributed by atoms with Gasteiger partial charge in [-0.15, -0.1) is 0 Å². The minimum atomic E-state index is 0.788. The molecule has 17 heavy (non-hydrogen) atoms. The van der Waals surface area contributed by atoms with E-state index in [0.717, 1.165) is 37.5 Å². The summed E-state index contributed by atoms with van der Waals surface area (Å²) in [6, 6.07) is 0. The summed E-state index contributed by atoms with van der Waals surface area (Å²) in [5.74, 6) is 0. The van der Waals surface area contributed by atoms with Gasteiger partial charge >= 0.3 is 0 Å². The summed E-state index contributed by atoms with van der Waals surface area (Å²) in [5, 5.41) is 7.40. The molecule has 0 aromatic rings. The van der Waals surface area contributed by atoms with Crippen LogP contribution >= 0.6 is 11.6 Å². The third-order valence-corrected chi connectivity index (χ3v) is 2.61. The highest BCUT2D eigenvalue weighted by Crippen LogP contribution is 2.05. The zero-order valence-corrected chi connectivity index (χ0v) is 12.0. The van der Waals surface area contributed by atoms with Crippen molar-refractivity contribution >= 4 is 11.6 Å². The molecule has 2 N–H and O–H groups in total. The lowest BCUT2D eigenvalue weighted by molar-refractivity contribution is 0.651. The Balaban J connectivity index is 3.61. The van der Waals surface area contributed by atoms with Gasteiger partial charge in [-0.3, -0.25) is 0 Å². The van der Waals surface area contributed by atoms with E-state index < -0.39 is 0 Å². The highest BCUT2D eigenvalue weighted by atomic mass is 35.5. The van der Waals surface area contributed by atoms with E-state index in [1.54, 1.807) is 0 Å². The van der Waals surface area contributed by atoms with Gasteiger partial charge in [0.15, 0.2) is 0 Å². The van der Waals surface area contributed by atoms with Crippen LogP contribution < -0.4 is 10.6 Å². The van der Waals surface area contributed by atoms with Crippen LogP contribution in [0.3, 0.4) is 0 Å². The maximum Gasteiger partial charge on any atom is 0.0360 e. The molecule has 0 amide bonds. The summed E-state index contributed by atoms with van der Waals surface area (Å²) in [4.78, 5) is 0. The lowest BCUT2D eigenvalue weighted by atomic mass is 10.2. The van der Waals surface area contributed by atoms with Gasteiger partial charge in [-0.2, -0.15) is 0 Å². The van der Waals surface area contributed by atoms with Crippen molar-refractivity contribution in [1.82, 2.24) is 10.6 Å². The minimum Gasteiger partial charge on any atom is -0.391 e. The molecule has 0 aliphatic carbocycles. The zero-order chi connectivity index (χ0) is 12.9. The average Bonchev–Trinajstić information content (AvgIpc) is 2.33. The van der Waals surface area contributed by atoms with Crippen molar-refractivity contribution in [3.05, 3.63) is 35.0 Å². The van der Waals surface area contributed by atoms with Crippen molar-refractivity contribution in [2.75, 3.05) is 19.6 Å². The van der Waals surface area contributed by atoms with E-state index in [4.69, 9.17) is 11.6 Å². The maximum absolute atomic E-state index is 5.86. The van der Waals surface area contributed by atoms with Crippen LogP contribution in [0.15, 0.2) is 35.0 Å². The standard InChI is InChI=1S/C14H25ClN2/c1-4-14(15)9-6-8-13(3)12-17-11-7-10-16-5-2/h4,6,9,12,16-17H,5,7-8,10-11H2,1-3H3/b9-6-,13-12+,14-4+. The third kappa shape index (κ3) is 11.5. The predicted octanol–water partition coefficient (Wildman–Crippen LogP) is 3.57. The van der Waals surface area contributed by atoms with Gasteiger partial charge in [-0.05, 0) is 52.1 Å². The average molecular weight is 257 g/mol. The maximum atomic E-state index is 5.86. The van der Waals surface area contributed by atoms with Crippen LogP contribution in [0, 0.1) is 0 Å². The van der Waals surface area contributed by atoms with Gasteiger partial charge in [0.1, 0.15) is 0 Å². The quantitative estimate of drug-likeness (QED) is 0.487. The van der Waals surface area contributed by atoms with Crippen molar-refractivity contribution in [3.8, 4) is 0 Å². The highest BCUT2D eigenvalue weighted by Gasteiger charge is 1.87. The molecule has 0 aromatic carbocycles. The van der Waals surface area contributed by atoms with E-state index in [2.05, 4.69) is 36.8 Å². The lowest BCUT2D eigenvalue weighted by Gasteiger charge is -2.03. The molecule has 0 fully saturated rings. The number of hydrogen-bond donors (Lipinski definition) is 2. The molecule has 0 spiro atoms. The summed E-state index contributed by atoms with van der Waals surface area (Å²) in [7, 11) is 0. The molecule has 0 heterocycles. The fraction of sp³-hybridized carbons (Fsp3) is 0.571. The molecular weight excluding hydrogens is 232 g/mol. The fourth-order valence-corrected chi connectivity index (χ4v) is 1.34. The third-order valence-electron chi connectivity index (χ3n) is 2.27. The van der Waals surface area contributed by atoms with Crippen molar-refractivity contribution in [2.45, 2.75) is 33.6 Å². The van der Waals surface area contributed by atoms with Crippen LogP contribution in [0.25, 0.3) is 0 Å². The summed E-state index contributed by atoms with van der Waals surface area (Å²) >= 11 is 5.86. The molecule has 0 atom stereocenters. The molecule has 0 saturated heterocycles. The van der Waals surface area contributed by atoms with Gasteiger partial charge in [0.05, 0.1) is 0 Å². The fourth-order valence-electron chi connectivity index (χ4n) is 1.25. The molecule has 3 heteroatoms. The van der Waals surface area contributed by atoms with Crippen molar-refractivity contribution in [1.29, 1.82) is 0 Å². The number of nitrogens with one attached hydrogen (secondary N) is 2. The second kappa shape index (κ2) is 11.7. The van der Waals surface area contributed by atoms with Gasteiger partial charge in [0.25, 0.3) is 0 Å². The van der Waals surface area contributed by atoms with Crippen LogP contribution in [-0.4, -0.2) is 19.6 Å². The molecule has 0 rings (SSSR count). The van der Waals surface area contributed by atoms with Crippen molar-refractivity contribution in [3.63, 3.8) is 0 Å². The van der Waals surface area contributed by atoms with Crippen molar-refractivity contribution < 1.29 is 0 Å². The van der Waals surface area contributed by atoms with Gasteiger partial charge in [-0.25, -0.2) is 0 Å². The van der Waals surface area contributed by atoms with Crippen LogP contribution in [0.1, 0.15) is 33.6 Å². The van der Waals surface area contributed by atoms with Crippen LogP contribution in [0.2, 0.25) is 0 Å². The largest absolute Gasteiger partial charge is 0.391 e. The summed E-state index contributed by atoms with van der Waals surface area (Å²) < 4.78 is 0. The Morgan fingerprint density at radius 1 is 1.29 bits per heavy atom. The van der Waals surface area contributed by atoms with Gasteiger partial charge in [-0.1, -0.05) is 36.2 Å².